The number of amides is 1. The van der Waals surface area contributed by atoms with Crippen molar-refractivity contribution in [2.75, 3.05) is 32.7 Å². The second kappa shape index (κ2) is 9.65. The fourth-order valence-corrected chi connectivity index (χ4v) is 4.76. The van der Waals surface area contributed by atoms with Crippen LogP contribution >= 0.6 is 0 Å². The van der Waals surface area contributed by atoms with E-state index in [1.165, 1.54) is 4.31 Å². The third-order valence-corrected chi connectivity index (χ3v) is 6.68. The molecule has 0 unspecified atom stereocenters. The normalized spacial score (nSPS) is 15.6. The van der Waals surface area contributed by atoms with Gasteiger partial charge in [-0.05, 0) is 23.3 Å². The summed E-state index contributed by atoms with van der Waals surface area (Å²) in [6.07, 6.45) is 0. The van der Waals surface area contributed by atoms with Gasteiger partial charge in [-0.25, -0.2) is 8.42 Å². The van der Waals surface area contributed by atoms with E-state index < -0.39 is 10.0 Å². The van der Waals surface area contributed by atoms with Gasteiger partial charge in [-0.15, -0.1) is 0 Å². The Kier molecular flexibility index (Phi) is 6.99. The number of nitriles is 1. The Labute approximate surface area is 171 Å². The molecule has 8 heteroatoms. The molecule has 7 nitrogen and oxygen atoms in total. The molecule has 1 heterocycles. The van der Waals surface area contributed by atoms with Crippen LogP contribution in [0.5, 0.6) is 0 Å². The van der Waals surface area contributed by atoms with Crippen molar-refractivity contribution < 1.29 is 13.2 Å². The summed E-state index contributed by atoms with van der Waals surface area (Å²) in [5.74, 6) is -0.196. The zero-order valence-corrected chi connectivity index (χ0v) is 16.9. The summed E-state index contributed by atoms with van der Waals surface area (Å²) in [6, 6.07) is 18.4. The van der Waals surface area contributed by atoms with Crippen LogP contribution < -0.4 is 5.32 Å². The Morgan fingerprint density at radius 3 is 2.38 bits per heavy atom. The van der Waals surface area contributed by atoms with E-state index >= 15 is 0 Å². The van der Waals surface area contributed by atoms with Gasteiger partial charge in [0.1, 0.15) is 0 Å². The van der Waals surface area contributed by atoms with Gasteiger partial charge in [0.15, 0.2) is 0 Å². The van der Waals surface area contributed by atoms with E-state index in [-0.39, 0.29) is 18.2 Å². The summed E-state index contributed by atoms with van der Waals surface area (Å²) in [4.78, 5) is 14.1. The predicted molar refractivity (Wildman–Crippen MR) is 110 cm³/mol. The molecule has 2 aromatic carbocycles. The maximum Gasteiger partial charge on any atom is 0.234 e. The second-order valence-corrected chi connectivity index (χ2v) is 8.97. The van der Waals surface area contributed by atoms with Crippen molar-refractivity contribution in [2.24, 2.45) is 0 Å². The van der Waals surface area contributed by atoms with E-state index in [2.05, 4.69) is 5.32 Å². The third-order valence-electron chi connectivity index (χ3n) is 4.83. The lowest BCUT2D eigenvalue weighted by Gasteiger charge is -2.33. The number of hydrogen-bond donors (Lipinski definition) is 1. The zero-order valence-electron chi connectivity index (χ0n) is 16.1. The van der Waals surface area contributed by atoms with Gasteiger partial charge in [-0.1, -0.05) is 42.5 Å². The second-order valence-electron chi connectivity index (χ2n) is 7.01. The predicted octanol–water partition coefficient (Wildman–Crippen LogP) is 1.32. The molecule has 0 aromatic heterocycles. The van der Waals surface area contributed by atoms with Crippen LogP contribution in [0.1, 0.15) is 16.7 Å². The first-order valence-electron chi connectivity index (χ1n) is 9.46. The minimum absolute atomic E-state index is 0.0709. The van der Waals surface area contributed by atoms with Crippen molar-refractivity contribution >= 4 is 15.9 Å². The van der Waals surface area contributed by atoms with Crippen molar-refractivity contribution in [1.29, 1.82) is 5.26 Å². The molecule has 152 valence electrons. The number of sulfonamides is 1. The van der Waals surface area contributed by atoms with Gasteiger partial charge in [0.2, 0.25) is 15.9 Å². The maximum atomic E-state index is 12.7. The van der Waals surface area contributed by atoms with Crippen LogP contribution in [-0.2, 0) is 27.1 Å². The molecule has 1 aliphatic rings. The first-order chi connectivity index (χ1) is 14.0. The van der Waals surface area contributed by atoms with Crippen molar-refractivity contribution in [3.63, 3.8) is 0 Å². The van der Waals surface area contributed by atoms with E-state index in [1.807, 2.05) is 41.3 Å². The van der Waals surface area contributed by atoms with Gasteiger partial charge in [0, 0.05) is 32.7 Å². The van der Waals surface area contributed by atoms with Crippen LogP contribution in [-0.4, -0.2) is 56.3 Å². The highest BCUT2D eigenvalue weighted by Gasteiger charge is 2.27. The fourth-order valence-electron chi connectivity index (χ4n) is 3.25. The Balaban J connectivity index is 1.46. The zero-order chi connectivity index (χ0) is 20.7. The van der Waals surface area contributed by atoms with Gasteiger partial charge < -0.3 is 5.32 Å². The Morgan fingerprint density at radius 1 is 1.00 bits per heavy atom. The largest absolute Gasteiger partial charge is 0.351 e. The Morgan fingerprint density at radius 2 is 1.69 bits per heavy atom. The highest BCUT2D eigenvalue weighted by molar-refractivity contribution is 7.88. The highest BCUT2D eigenvalue weighted by atomic mass is 32.2. The molecular formula is C21H24N4O3S. The number of hydrogen-bond acceptors (Lipinski definition) is 5. The summed E-state index contributed by atoms with van der Waals surface area (Å²) in [5.41, 5.74) is 2.09. The SMILES string of the molecule is N#Cc1cccc(CS(=O)(=O)N2CCN(CC(=O)NCc3ccccc3)CC2)c1. The first kappa shape index (κ1) is 21.0. The van der Waals surface area contributed by atoms with Crippen LogP contribution in [0.15, 0.2) is 54.6 Å². The summed E-state index contributed by atoms with van der Waals surface area (Å²) >= 11 is 0. The maximum absolute atomic E-state index is 12.7. The number of piperazine rings is 1. The molecule has 1 aliphatic heterocycles. The standard InChI is InChI=1S/C21H24N4O3S/c22-14-19-7-4-8-20(13-19)17-29(27,28)25-11-9-24(10-12-25)16-21(26)23-15-18-5-2-1-3-6-18/h1-8,13H,9-12,15-17H2,(H,23,26). The van der Waals surface area contributed by atoms with Crippen LogP contribution in [0.2, 0.25) is 0 Å². The smallest absolute Gasteiger partial charge is 0.234 e. The van der Waals surface area contributed by atoms with Crippen molar-refractivity contribution in [1.82, 2.24) is 14.5 Å². The lowest BCUT2D eigenvalue weighted by atomic mass is 10.2. The van der Waals surface area contributed by atoms with Crippen LogP contribution in [0.25, 0.3) is 0 Å². The number of rotatable bonds is 7. The molecule has 0 saturated carbocycles. The minimum atomic E-state index is -3.46. The molecule has 0 atom stereocenters. The average Bonchev–Trinajstić information content (AvgIpc) is 2.73. The van der Waals surface area contributed by atoms with E-state index in [4.69, 9.17) is 5.26 Å². The van der Waals surface area contributed by atoms with E-state index in [0.717, 1.165) is 5.56 Å². The van der Waals surface area contributed by atoms with E-state index in [0.29, 0.717) is 43.9 Å². The molecule has 0 spiro atoms. The van der Waals surface area contributed by atoms with E-state index in [1.54, 1.807) is 24.3 Å². The molecule has 1 saturated heterocycles. The molecule has 2 aromatic rings. The molecule has 0 bridgehead atoms. The fraction of sp³-hybridized carbons (Fsp3) is 0.333. The van der Waals surface area contributed by atoms with Gasteiger partial charge in [0.05, 0.1) is 23.9 Å². The lowest BCUT2D eigenvalue weighted by Crippen LogP contribution is -2.51. The van der Waals surface area contributed by atoms with Gasteiger partial charge in [0.25, 0.3) is 0 Å². The van der Waals surface area contributed by atoms with Crippen LogP contribution in [0.3, 0.4) is 0 Å². The van der Waals surface area contributed by atoms with Crippen LogP contribution in [0.4, 0.5) is 0 Å². The topological polar surface area (TPSA) is 93.5 Å². The van der Waals surface area contributed by atoms with Crippen molar-refractivity contribution in [2.45, 2.75) is 12.3 Å². The quantitative estimate of drug-likeness (QED) is 0.740. The number of nitrogens with zero attached hydrogens (tertiary/aromatic N) is 3. The summed E-state index contributed by atoms with van der Waals surface area (Å²) in [7, 11) is -3.46. The average molecular weight is 413 g/mol. The van der Waals surface area contributed by atoms with Gasteiger partial charge >= 0.3 is 0 Å². The Hall–Kier alpha value is -2.73. The molecule has 1 amide bonds. The lowest BCUT2D eigenvalue weighted by molar-refractivity contribution is -0.122. The molecule has 3 rings (SSSR count). The van der Waals surface area contributed by atoms with Gasteiger partial charge in [-0.2, -0.15) is 9.57 Å². The Bertz CT molecular complexity index is 978. The molecule has 1 N–H and O–H groups in total. The number of benzene rings is 2. The van der Waals surface area contributed by atoms with Gasteiger partial charge in [-0.3, -0.25) is 9.69 Å². The highest BCUT2D eigenvalue weighted by Crippen LogP contribution is 2.15. The molecule has 29 heavy (non-hydrogen) atoms. The van der Waals surface area contributed by atoms with Crippen LogP contribution in [0, 0.1) is 11.3 Å². The van der Waals surface area contributed by atoms with Crippen molar-refractivity contribution in [3.05, 3.63) is 71.3 Å². The first-order valence-corrected chi connectivity index (χ1v) is 11.1. The number of nitrogens with one attached hydrogen (secondary N) is 1. The summed E-state index contributed by atoms with van der Waals surface area (Å²) < 4.78 is 26.8. The monoisotopic (exact) mass is 412 g/mol. The van der Waals surface area contributed by atoms with E-state index in [9.17, 15) is 13.2 Å². The summed E-state index contributed by atoms with van der Waals surface area (Å²) in [5, 5.41) is 11.9. The molecule has 0 radical (unpaired) electrons. The summed E-state index contributed by atoms with van der Waals surface area (Å²) in [6.45, 7) is 2.46. The molecule has 1 fully saturated rings. The number of carbonyl (C=O) groups is 1. The third kappa shape index (κ3) is 6.12. The molecular weight excluding hydrogens is 388 g/mol. The minimum Gasteiger partial charge on any atom is -0.351 e. The molecule has 0 aliphatic carbocycles. The van der Waals surface area contributed by atoms with Crippen molar-refractivity contribution in [3.8, 4) is 6.07 Å². The number of carbonyl (C=O) groups excluding carboxylic acids is 1.